The lowest BCUT2D eigenvalue weighted by atomic mass is 10.1. The number of alkyl halides is 3. The zero-order valence-electron chi connectivity index (χ0n) is 10.3. The average Bonchev–Trinajstić information content (AvgIpc) is 2.35. The van der Waals surface area contributed by atoms with Gasteiger partial charge < -0.3 is 15.7 Å². The Bertz CT molecular complexity index is 435. The molecule has 1 aromatic carbocycles. The topological polar surface area (TPSA) is 61.4 Å². The number of aliphatic hydroxyl groups is 1. The van der Waals surface area contributed by atoms with E-state index in [1.165, 1.54) is 12.1 Å². The lowest BCUT2D eigenvalue weighted by Crippen LogP contribution is -2.38. The van der Waals surface area contributed by atoms with Crippen LogP contribution in [0.4, 0.5) is 18.0 Å². The molecule has 0 aliphatic heterocycles. The maximum atomic E-state index is 12.5. The van der Waals surface area contributed by atoms with Gasteiger partial charge in [-0.15, -0.1) is 0 Å². The van der Waals surface area contributed by atoms with Gasteiger partial charge >= 0.3 is 12.2 Å². The highest BCUT2D eigenvalue weighted by molar-refractivity contribution is 5.74. The van der Waals surface area contributed by atoms with Crippen LogP contribution in [0.5, 0.6) is 0 Å². The number of carbonyl (C=O) groups is 1. The van der Waals surface area contributed by atoms with Crippen molar-refractivity contribution in [1.82, 2.24) is 10.6 Å². The first-order valence-electron chi connectivity index (χ1n) is 5.67. The van der Waals surface area contributed by atoms with E-state index in [1.807, 2.05) is 0 Å². The Labute approximate surface area is 108 Å². The highest BCUT2D eigenvalue weighted by atomic mass is 19.4. The molecular weight excluding hydrogens is 261 g/mol. The van der Waals surface area contributed by atoms with E-state index in [9.17, 15) is 18.0 Å². The molecule has 1 unspecified atom stereocenters. The predicted octanol–water partition coefficient (Wildman–Crippen LogP) is 2.06. The third kappa shape index (κ3) is 4.78. The number of rotatable bonds is 4. The molecule has 0 radical (unpaired) electrons. The van der Waals surface area contributed by atoms with E-state index in [0.717, 1.165) is 12.1 Å². The van der Waals surface area contributed by atoms with Crippen molar-refractivity contribution >= 4 is 6.03 Å². The Balaban J connectivity index is 2.72. The van der Waals surface area contributed by atoms with Crippen molar-refractivity contribution in [2.75, 3.05) is 13.2 Å². The van der Waals surface area contributed by atoms with Crippen molar-refractivity contribution in [2.45, 2.75) is 19.1 Å². The highest BCUT2D eigenvalue weighted by Crippen LogP contribution is 2.30. The standard InChI is InChI=1S/C12H15F3N2O2/c1-8(17-11(19)16-5-6-18)9-3-2-4-10(7-9)12(13,14)15/h2-4,7-8,18H,5-6H2,1H3,(H2,16,17,19). The van der Waals surface area contributed by atoms with Gasteiger partial charge in [0.25, 0.3) is 0 Å². The Kier molecular flexibility index (Phi) is 5.17. The smallest absolute Gasteiger partial charge is 0.395 e. The molecule has 3 N–H and O–H groups in total. The summed E-state index contributed by atoms with van der Waals surface area (Å²) in [6.45, 7) is 1.46. The van der Waals surface area contributed by atoms with Crippen molar-refractivity contribution in [1.29, 1.82) is 0 Å². The Morgan fingerprint density at radius 2 is 2.11 bits per heavy atom. The maximum absolute atomic E-state index is 12.5. The number of amides is 2. The summed E-state index contributed by atoms with van der Waals surface area (Å²) in [6, 6.07) is 3.66. The van der Waals surface area contributed by atoms with Gasteiger partial charge in [0.05, 0.1) is 18.2 Å². The van der Waals surface area contributed by atoms with E-state index in [0.29, 0.717) is 5.56 Å². The second kappa shape index (κ2) is 6.42. The molecule has 0 aromatic heterocycles. The van der Waals surface area contributed by atoms with E-state index in [1.54, 1.807) is 6.92 Å². The lowest BCUT2D eigenvalue weighted by molar-refractivity contribution is -0.137. The number of hydrogen-bond acceptors (Lipinski definition) is 2. The van der Waals surface area contributed by atoms with Gasteiger partial charge in [0.15, 0.2) is 0 Å². The van der Waals surface area contributed by atoms with Gasteiger partial charge in [-0.05, 0) is 24.6 Å². The first kappa shape index (κ1) is 15.3. The van der Waals surface area contributed by atoms with Crippen LogP contribution in [0.3, 0.4) is 0 Å². The van der Waals surface area contributed by atoms with Crippen LogP contribution < -0.4 is 10.6 Å². The fourth-order valence-corrected chi connectivity index (χ4v) is 1.48. The van der Waals surface area contributed by atoms with Crippen LogP contribution in [0.1, 0.15) is 24.1 Å². The summed E-state index contributed by atoms with van der Waals surface area (Å²) in [5.74, 6) is 0. The molecule has 0 aliphatic rings. The number of nitrogens with one attached hydrogen (secondary N) is 2. The minimum Gasteiger partial charge on any atom is -0.395 e. The van der Waals surface area contributed by atoms with Gasteiger partial charge in [-0.2, -0.15) is 13.2 Å². The number of benzene rings is 1. The molecule has 1 atom stereocenters. The van der Waals surface area contributed by atoms with Crippen LogP contribution >= 0.6 is 0 Å². The third-order valence-electron chi connectivity index (χ3n) is 2.46. The predicted molar refractivity (Wildman–Crippen MR) is 63.5 cm³/mol. The molecule has 4 nitrogen and oxygen atoms in total. The summed E-state index contributed by atoms with van der Waals surface area (Å²) in [5, 5.41) is 13.4. The molecule has 1 aromatic rings. The van der Waals surface area contributed by atoms with Crippen LogP contribution in [-0.4, -0.2) is 24.3 Å². The number of aliphatic hydroxyl groups excluding tert-OH is 1. The molecule has 0 heterocycles. The van der Waals surface area contributed by atoms with E-state index < -0.39 is 23.8 Å². The highest BCUT2D eigenvalue weighted by Gasteiger charge is 2.30. The van der Waals surface area contributed by atoms with Crippen molar-refractivity contribution in [3.63, 3.8) is 0 Å². The second-order valence-electron chi connectivity index (χ2n) is 3.97. The molecule has 0 aliphatic carbocycles. The summed E-state index contributed by atoms with van der Waals surface area (Å²) in [5.41, 5.74) is -0.400. The zero-order chi connectivity index (χ0) is 14.5. The molecule has 7 heteroatoms. The molecule has 0 bridgehead atoms. The first-order valence-corrected chi connectivity index (χ1v) is 5.67. The summed E-state index contributed by atoms with van der Waals surface area (Å²) in [4.78, 5) is 11.3. The largest absolute Gasteiger partial charge is 0.416 e. The fraction of sp³-hybridized carbons (Fsp3) is 0.417. The van der Waals surface area contributed by atoms with E-state index in [-0.39, 0.29) is 13.2 Å². The summed E-state index contributed by atoms with van der Waals surface area (Å²) in [6.07, 6.45) is -4.41. The van der Waals surface area contributed by atoms with Crippen molar-refractivity contribution in [3.05, 3.63) is 35.4 Å². The van der Waals surface area contributed by atoms with Gasteiger partial charge in [-0.25, -0.2) is 4.79 Å². The third-order valence-corrected chi connectivity index (χ3v) is 2.46. The van der Waals surface area contributed by atoms with E-state index in [2.05, 4.69) is 10.6 Å². The normalized spacial score (nSPS) is 12.9. The van der Waals surface area contributed by atoms with Gasteiger partial charge in [0.2, 0.25) is 0 Å². The number of halogens is 3. The quantitative estimate of drug-likeness (QED) is 0.788. The summed E-state index contributed by atoms with van der Waals surface area (Å²) in [7, 11) is 0. The Morgan fingerprint density at radius 1 is 1.42 bits per heavy atom. The van der Waals surface area contributed by atoms with Crippen LogP contribution in [0, 0.1) is 0 Å². The number of urea groups is 1. The van der Waals surface area contributed by atoms with Gasteiger partial charge in [0.1, 0.15) is 0 Å². The molecule has 2 amide bonds. The van der Waals surface area contributed by atoms with Crippen molar-refractivity contribution < 1.29 is 23.1 Å². The van der Waals surface area contributed by atoms with Crippen molar-refractivity contribution in [3.8, 4) is 0 Å². The van der Waals surface area contributed by atoms with Gasteiger partial charge in [-0.1, -0.05) is 12.1 Å². The van der Waals surface area contributed by atoms with E-state index in [4.69, 9.17) is 5.11 Å². The van der Waals surface area contributed by atoms with Gasteiger partial charge in [-0.3, -0.25) is 0 Å². The number of hydrogen-bond donors (Lipinski definition) is 3. The monoisotopic (exact) mass is 276 g/mol. The van der Waals surface area contributed by atoms with Crippen molar-refractivity contribution in [2.24, 2.45) is 0 Å². The summed E-state index contributed by atoms with van der Waals surface area (Å²) >= 11 is 0. The van der Waals surface area contributed by atoms with Crippen LogP contribution in [0.25, 0.3) is 0 Å². The molecule has 1 rings (SSSR count). The molecule has 0 saturated carbocycles. The molecular formula is C12H15F3N2O2. The van der Waals surface area contributed by atoms with Gasteiger partial charge in [0, 0.05) is 6.54 Å². The zero-order valence-corrected chi connectivity index (χ0v) is 10.3. The minimum absolute atomic E-state index is 0.0845. The lowest BCUT2D eigenvalue weighted by Gasteiger charge is -2.16. The van der Waals surface area contributed by atoms with Crippen LogP contribution in [-0.2, 0) is 6.18 Å². The Hall–Kier alpha value is -1.76. The average molecular weight is 276 g/mol. The maximum Gasteiger partial charge on any atom is 0.416 e. The van der Waals surface area contributed by atoms with E-state index >= 15 is 0 Å². The molecule has 0 saturated heterocycles. The molecule has 106 valence electrons. The second-order valence-corrected chi connectivity index (χ2v) is 3.97. The number of carbonyl (C=O) groups excluding carboxylic acids is 1. The first-order chi connectivity index (χ1) is 8.84. The van der Waals surface area contributed by atoms with Crippen LogP contribution in [0.2, 0.25) is 0 Å². The minimum atomic E-state index is -4.41. The molecule has 0 fully saturated rings. The SMILES string of the molecule is CC(NC(=O)NCCO)c1cccc(C(F)(F)F)c1. The Morgan fingerprint density at radius 3 is 2.68 bits per heavy atom. The summed E-state index contributed by atoms with van der Waals surface area (Å²) < 4.78 is 37.6. The molecule has 0 spiro atoms. The van der Waals surface area contributed by atoms with Crippen LogP contribution in [0.15, 0.2) is 24.3 Å². The molecule has 19 heavy (non-hydrogen) atoms. The fourth-order valence-electron chi connectivity index (χ4n) is 1.48.